The first-order valence-corrected chi connectivity index (χ1v) is 10.5. The van der Waals surface area contributed by atoms with Crippen molar-refractivity contribution in [2.45, 2.75) is 11.8 Å². The van der Waals surface area contributed by atoms with Gasteiger partial charge in [0.2, 0.25) is 0 Å². The van der Waals surface area contributed by atoms with Crippen LogP contribution in [-0.2, 0) is 10.0 Å². The van der Waals surface area contributed by atoms with Crippen LogP contribution in [0.1, 0.15) is 21.6 Å². The fourth-order valence-corrected chi connectivity index (χ4v) is 4.08. The number of carbonyl (C=O) groups excluding carboxylic acids is 1. The number of hydrogen-bond acceptors (Lipinski definition) is 7. The van der Waals surface area contributed by atoms with Crippen LogP contribution >= 0.6 is 0 Å². The number of nitrogens with one attached hydrogen (secondary N) is 1. The van der Waals surface area contributed by atoms with Crippen LogP contribution in [0.4, 0.5) is 10.6 Å². The van der Waals surface area contributed by atoms with E-state index in [0.717, 1.165) is 0 Å². The number of hydrogen-bond donors (Lipinski definition) is 2. The number of aryl methyl sites for hydroxylation is 1. The fraction of sp³-hybridized carbons (Fsp3) is 0.263. The molecule has 0 aliphatic carbocycles. The summed E-state index contributed by atoms with van der Waals surface area (Å²) in [6, 6.07) is 10.1. The van der Waals surface area contributed by atoms with Gasteiger partial charge in [-0.1, -0.05) is 18.2 Å². The van der Waals surface area contributed by atoms with E-state index < -0.39 is 22.0 Å². The molecule has 1 aliphatic heterocycles. The SMILES string of the molecule is Cc1nc(N2CCN(C(=O)NS(=O)(=O)c3ccccc3)CC2)c(C#N)cc1C(=O)O. The second kappa shape index (κ2) is 8.38. The average Bonchev–Trinajstić information content (AvgIpc) is 2.73. The predicted octanol–water partition coefficient (Wildman–Crippen LogP) is 1.18. The van der Waals surface area contributed by atoms with Gasteiger partial charge in [0.05, 0.1) is 21.7 Å². The molecule has 2 amide bonds. The zero-order valence-electron chi connectivity index (χ0n) is 16.1. The van der Waals surface area contributed by atoms with Crippen LogP contribution in [0.2, 0.25) is 0 Å². The third kappa shape index (κ3) is 4.33. The summed E-state index contributed by atoms with van der Waals surface area (Å²) in [7, 11) is -3.97. The van der Waals surface area contributed by atoms with Crippen LogP contribution in [0.15, 0.2) is 41.3 Å². The van der Waals surface area contributed by atoms with E-state index in [2.05, 4.69) is 9.71 Å². The van der Waals surface area contributed by atoms with Crippen molar-refractivity contribution in [1.29, 1.82) is 5.26 Å². The third-order valence-electron chi connectivity index (χ3n) is 4.69. The Morgan fingerprint density at radius 3 is 2.37 bits per heavy atom. The first-order valence-electron chi connectivity index (χ1n) is 8.99. The molecular weight excluding hydrogens is 410 g/mol. The Bertz CT molecular complexity index is 1120. The largest absolute Gasteiger partial charge is 0.478 e. The third-order valence-corrected chi connectivity index (χ3v) is 6.02. The molecule has 2 N–H and O–H groups in total. The first-order chi connectivity index (χ1) is 14.2. The van der Waals surface area contributed by atoms with Crippen LogP contribution in [0, 0.1) is 18.3 Å². The first kappa shape index (κ1) is 21.1. The number of sulfonamides is 1. The molecule has 0 saturated carbocycles. The quantitative estimate of drug-likeness (QED) is 0.737. The number of aromatic nitrogens is 1. The molecule has 0 radical (unpaired) electrons. The van der Waals surface area contributed by atoms with E-state index in [1.807, 2.05) is 6.07 Å². The summed E-state index contributed by atoms with van der Waals surface area (Å²) >= 11 is 0. The maximum Gasteiger partial charge on any atom is 0.337 e. The molecule has 30 heavy (non-hydrogen) atoms. The van der Waals surface area contributed by atoms with E-state index in [-0.39, 0.29) is 34.8 Å². The van der Waals surface area contributed by atoms with Gasteiger partial charge in [-0.25, -0.2) is 27.7 Å². The fourth-order valence-electron chi connectivity index (χ4n) is 3.09. The van der Waals surface area contributed by atoms with E-state index in [1.165, 1.54) is 23.1 Å². The number of carboxylic acid groups (broad SMARTS) is 1. The van der Waals surface area contributed by atoms with Gasteiger partial charge < -0.3 is 14.9 Å². The van der Waals surface area contributed by atoms with Crippen molar-refractivity contribution in [2.75, 3.05) is 31.1 Å². The van der Waals surface area contributed by atoms with Crippen LogP contribution in [0.25, 0.3) is 0 Å². The summed E-state index contributed by atoms with van der Waals surface area (Å²) in [5.41, 5.74) is 0.368. The molecule has 1 aromatic carbocycles. The number of carbonyl (C=O) groups is 2. The summed E-state index contributed by atoms with van der Waals surface area (Å²) in [4.78, 5) is 31.1. The predicted molar refractivity (Wildman–Crippen MR) is 107 cm³/mol. The van der Waals surface area contributed by atoms with Gasteiger partial charge in [0.1, 0.15) is 11.9 Å². The van der Waals surface area contributed by atoms with E-state index in [1.54, 1.807) is 30.0 Å². The van der Waals surface area contributed by atoms with Crippen molar-refractivity contribution in [3.8, 4) is 6.07 Å². The Kier molecular flexibility index (Phi) is 5.89. The van der Waals surface area contributed by atoms with Crippen molar-refractivity contribution >= 4 is 27.8 Å². The van der Waals surface area contributed by atoms with Gasteiger partial charge in [-0.3, -0.25) is 0 Å². The number of piperazine rings is 1. The van der Waals surface area contributed by atoms with E-state index in [0.29, 0.717) is 18.9 Å². The second-order valence-electron chi connectivity index (χ2n) is 6.61. The van der Waals surface area contributed by atoms with Gasteiger partial charge in [-0.15, -0.1) is 0 Å². The maximum absolute atomic E-state index is 12.4. The molecule has 1 aliphatic rings. The smallest absolute Gasteiger partial charge is 0.337 e. The van der Waals surface area contributed by atoms with Gasteiger partial charge in [-0.2, -0.15) is 5.26 Å². The highest BCUT2D eigenvalue weighted by Gasteiger charge is 2.27. The Morgan fingerprint density at radius 1 is 1.17 bits per heavy atom. The van der Waals surface area contributed by atoms with Gasteiger partial charge in [-0.05, 0) is 25.1 Å². The molecule has 1 aromatic heterocycles. The number of anilines is 1. The zero-order chi connectivity index (χ0) is 21.9. The maximum atomic E-state index is 12.4. The highest BCUT2D eigenvalue weighted by molar-refractivity contribution is 7.90. The lowest BCUT2D eigenvalue weighted by atomic mass is 10.1. The number of urea groups is 1. The second-order valence-corrected chi connectivity index (χ2v) is 8.29. The van der Waals surface area contributed by atoms with Crippen molar-refractivity contribution in [2.24, 2.45) is 0 Å². The number of rotatable bonds is 4. The standard InChI is InChI=1S/C19H19N5O5S/c1-13-16(18(25)26)11-14(12-20)17(21-13)23-7-9-24(10-8-23)19(27)22-30(28,29)15-5-3-2-4-6-15/h2-6,11H,7-10H2,1H3,(H,22,27)(H,25,26). The minimum absolute atomic E-state index is 0.00570. The van der Waals surface area contributed by atoms with Crippen LogP contribution in [0.3, 0.4) is 0 Å². The molecule has 11 heteroatoms. The zero-order valence-corrected chi connectivity index (χ0v) is 16.9. The van der Waals surface area contributed by atoms with Crippen molar-refractivity contribution < 1.29 is 23.1 Å². The van der Waals surface area contributed by atoms with Gasteiger partial charge >= 0.3 is 12.0 Å². The summed E-state index contributed by atoms with van der Waals surface area (Å²) in [5, 5.41) is 18.6. The van der Waals surface area contributed by atoms with Crippen molar-refractivity contribution in [1.82, 2.24) is 14.6 Å². The Morgan fingerprint density at radius 2 is 1.80 bits per heavy atom. The van der Waals surface area contributed by atoms with Crippen LogP contribution < -0.4 is 9.62 Å². The van der Waals surface area contributed by atoms with Gasteiger partial charge in [0.25, 0.3) is 10.0 Å². The molecule has 156 valence electrons. The molecule has 0 spiro atoms. The number of nitrogens with zero attached hydrogens (tertiary/aromatic N) is 4. The number of benzene rings is 1. The van der Waals surface area contributed by atoms with Gasteiger partial charge in [0.15, 0.2) is 0 Å². The summed E-state index contributed by atoms with van der Waals surface area (Å²) < 4.78 is 26.7. The lowest BCUT2D eigenvalue weighted by Gasteiger charge is -2.35. The van der Waals surface area contributed by atoms with Gasteiger partial charge in [0, 0.05) is 26.2 Å². The van der Waals surface area contributed by atoms with E-state index in [9.17, 15) is 28.4 Å². The summed E-state index contributed by atoms with van der Waals surface area (Å²) in [5.74, 6) is -0.818. The number of nitriles is 1. The summed E-state index contributed by atoms with van der Waals surface area (Å²) in [6.45, 7) is 2.59. The number of aromatic carboxylic acids is 1. The summed E-state index contributed by atoms with van der Waals surface area (Å²) in [6.07, 6.45) is 0. The lowest BCUT2D eigenvalue weighted by molar-refractivity contribution is 0.0695. The van der Waals surface area contributed by atoms with E-state index in [4.69, 9.17) is 0 Å². The molecular formula is C19H19N5O5S. The van der Waals surface area contributed by atoms with Crippen LogP contribution in [-0.4, -0.2) is 61.6 Å². The monoisotopic (exact) mass is 429 g/mol. The molecule has 0 unspecified atom stereocenters. The highest BCUT2D eigenvalue weighted by atomic mass is 32.2. The molecule has 3 rings (SSSR count). The Hall–Kier alpha value is -3.65. The number of amides is 2. The molecule has 0 bridgehead atoms. The molecule has 1 fully saturated rings. The number of pyridine rings is 1. The molecule has 2 aromatic rings. The lowest BCUT2D eigenvalue weighted by Crippen LogP contribution is -2.53. The number of carboxylic acids is 1. The van der Waals surface area contributed by atoms with E-state index >= 15 is 0 Å². The van der Waals surface area contributed by atoms with Crippen molar-refractivity contribution in [3.63, 3.8) is 0 Å². The average molecular weight is 429 g/mol. The Balaban J connectivity index is 1.69. The molecule has 0 atom stereocenters. The molecule has 10 nitrogen and oxygen atoms in total. The topological polar surface area (TPSA) is 144 Å². The normalized spacial score (nSPS) is 14.1. The minimum Gasteiger partial charge on any atom is -0.478 e. The highest BCUT2D eigenvalue weighted by Crippen LogP contribution is 2.22. The molecule has 1 saturated heterocycles. The van der Waals surface area contributed by atoms with Crippen LogP contribution in [0.5, 0.6) is 0 Å². The minimum atomic E-state index is -3.97. The molecule has 2 heterocycles. The van der Waals surface area contributed by atoms with Crippen molar-refractivity contribution in [3.05, 3.63) is 53.2 Å². The Labute approximate surface area is 173 Å².